The predicted octanol–water partition coefficient (Wildman–Crippen LogP) is 1.98. The monoisotopic (exact) mass is 428 g/mol. The maximum atomic E-state index is 12.8. The molecule has 0 bridgehead atoms. The molecule has 1 atom stereocenters. The lowest BCUT2D eigenvalue weighted by Crippen LogP contribution is -2.42. The van der Waals surface area contributed by atoms with Gasteiger partial charge >= 0.3 is 0 Å². The van der Waals surface area contributed by atoms with Gasteiger partial charge in [0, 0.05) is 19.0 Å². The van der Waals surface area contributed by atoms with Gasteiger partial charge in [0.1, 0.15) is 17.1 Å². The van der Waals surface area contributed by atoms with Gasteiger partial charge in [0.25, 0.3) is 5.91 Å². The van der Waals surface area contributed by atoms with Crippen LogP contribution in [-0.4, -0.2) is 53.5 Å². The molecule has 2 aliphatic rings. The predicted molar refractivity (Wildman–Crippen MR) is 110 cm³/mol. The summed E-state index contributed by atoms with van der Waals surface area (Å²) < 4.78 is 29.2. The van der Waals surface area contributed by atoms with E-state index >= 15 is 0 Å². The van der Waals surface area contributed by atoms with Crippen molar-refractivity contribution in [2.75, 3.05) is 16.8 Å². The smallest absolute Gasteiger partial charge is 0.272 e. The van der Waals surface area contributed by atoms with E-state index in [-0.39, 0.29) is 41.8 Å². The summed E-state index contributed by atoms with van der Waals surface area (Å²) in [5.74, 6) is -0.0741. The van der Waals surface area contributed by atoms with Gasteiger partial charge in [0.15, 0.2) is 9.84 Å². The Morgan fingerprint density at radius 1 is 1.13 bits per heavy atom. The van der Waals surface area contributed by atoms with Crippen molar-refractivity contribution in [3.63, 3.8) is 0 Å². The molecule has 0 radical (unpaired) electrons. The third kappa shape index (κ3) is 4.48. The number of ether oxygens (including phenoxy) is 1. The van der Waals surface area contributed by atoms with Crippen LogP contribution < -0.4 is 10.1 Å². The third-order valence-electron chi connectivity index (χ3n) is 4.85. The van der Waals surface area contributed by atoms with Crippen molar-refractivity contribution < 1.29 is 22.7 Å². The highest BCUT2D eigenvalue weighted by molar-refractivity contribution is 7.91. The van der Waals surface area contributed by atoms with Crippen molar-refractivity contribution in [1.82, 2.24) is 9.99 Å². The van der Waals surface area contributed by atoms with Crippen molar-refractivity contribution >= 4 is 33.1 Å². The van der Waals surface area contributed by atoms with E-state index in [0.29, 0.717) is 17.9 Å². The zero-order valence-corrected chi connectivity index (χ0v) is 16.8. The first-order valence-corrected chi connectivity index (χ1v) is 11.3. The molecule has 30 heavy (non-hydrogen) atoms. The van der Waals surface area contributed by atoms with Crippen LogP contribution in [0, 0.1) is 0 Å². The van der Waals surface area contributed by atoms with Crippen LogP contribution in [0.2, 0.25) is 0 Å². The average Bonchev–Trinajstić information content (AvgIpc) is 3.10. The molecule has 4 rings (SSSR count). The van der Waals surface area contributed by atoms with Crippen LogP contribution in [-0.2, 0) is 19.4 Å². The highest BCUT2D eigenvalue weighted by Crippen LogP contribution is 2.27. The summed E-state index contributed by atoms with van der Waals surface area (Å²) >= 11 is 0. The number of pyridine rings is 1. The standard InChI is InChI=1S/C20H20N4O5S/c25-18-9-8-16(23-24(18)14-10-12-30(27,28)13-14)19(26)22-17-7-4-11-21-20(17)29-15-5-2-1-3-6-15/h1-7,11,14H,8-10,12-13H2,(H,22,26). The number of amides is 2. The van der Waals surface area contributed by atoms with E-state index in [9.17, 15) is 18.0 Å². The quantitative estimate of drug-likeness (QED) is 0.778. The van der Waals surface area contributed by atoms with E-state index in [1.807, 2.05) is 18.2 Å². The second-order valence-corrected chi connectivity index (χ2v) is 9.30. The Balaban J connectivity index is 1.51. The van der Waals surface area contributed by atoms with Gasteiger partial charge in [-0.05, 0) is 30.7 Å². The van der Waals surface area contributed by atoms with Crippen molar-refractivity contribution in [3.05, 3.63) is 48.7 Å². The third-order valence-corrected chi connectivity index (χ3v) is 6.60. The number of hydrogen-bond donors (Lipinski definition) is 1. The fraction of sp³-hybridized carbons (Fsp3) is 0.300. The number of rotatable bonds is 5. The largest absolute Gasteiger partial charge is 0.437 e. The number of carbonyl (C=O) groups is 2. The average molecular weight is 428 g/mol. The Hall–Kier alpha value is -3.27. The highest BCUT2D eigenvalue weighted by atomic mass is 32.2. The Morgan fingerprint density at radius 2 is 1.93 bits per heavy atom. The molecular weight excluding hydrogens is 408 g/mol. The summed E-state index contributed by atoms with van der Waals surface area (Å²) in [5.41, 5.74) is 0.523. The molecule has 1 N–H and O–H groups in total. The van der Waals surface area contributed by atoms with E-state index in [2.05, 4.69) is 15.4 Å². The van der Waals surface area contributed by atoms with Crippen LogP contribution in [0.1, 0.15) is 19.3 Å². The minimum absolute atomic E-state index is 0.0222. The second kappa shape index (κ2) is 8.23. The van der Waals surface area contributed by atoms with E-state index in [1.54, 1.807) is 30.5 Å². The molecule has 0 spiro atoms. The van der Waals surface area contributed by atoms with E-state index < -0.39 is 21.8 Å². The molecular formula is C20H20N4O5S. The van der Waals surface area contributed by atoms with Gasteiger partial charge < -0.3 is 10.1 Å². The number of para-hydroxylation sites is 1. The molecule has 2 aliphatic heterocycles. The van der Waals surface area contributed by atoms with Crippen LogP contribution in [0.3, 0.4) is 0 Å². The molecule has 10 heteroatoms. The normalized spacial score (nSPS) is 20.5. The lowest BCUT2D eigenvalue weighted by Gasteiger charge is -2.27. The van der Waals surface area contributed by atoms with Gasteiger partial charge in [-0.15, -0.1) is 0 Å². The summed E-state index contributed by atoms with van der Waals surface area (Å²) in [4.78, 5) is 29.2. The molecule has 1 unspecified atom stereocenters. The van der Waals surface area contributed by atoms with Gasteiger partial charge in [-0.25, -0.2) is 18.4 Å². The molecule has 2 amide bonds. The van der Waals surface area contributed by atoms with Crippen LogP contribution in [0.4, 0.5) is 5.69 Å². The van der Waals surface area contributed by atoms with Crippen molar-refractivity contribution in [2.24, 2.45) is 5.10 Å². The number of anilines is 1. The first-order valence-electron chi connectivity index (χ1n) is 9.50. The summed E-state index contributed by atoms with van der Waals surface area (Å²) in [6.45, 7) is 0. The van der Waals surface area contributed by atoms with Gasteiger partial charge in [-0.3, -0.25) is 9.59 Å². The Labute approximate surface area is 173 Å². The van der Waals surface area contributed by atoms with Crippen LogP contribution in [0.5, 0.6) is 11.6 Å². The Kier molecular flexibility index (Phi) is 5.49. The second-order valence-electron chi connectivity index (χ2n) is 7.07. The van der Waals surface area contributed by atoms with Crippen LogP contribution in [0.15, 0.2) is 53.8 Å². The molecule has 0 saturated carbocycles. The fourth-order valence-corrected chi connectivity index (χ4v) is 5.04. The number of aromatic nitrogens is 1. The molecule has 0 aliphatic carbocycles. The molecule has 156 valence electrons. The Morgan fingerprint density at radius 3 is 2.67 bits per heavy atom. The summed E-state index contributed by atoms with van der Waals surface area (Å²) in [6.07, 6.45) is 2.15. The molecule has 1 aromatic heterocycles. The molecule has 1 fully saturated rings. The molecule has 2 aromatic rings. The molecule has 9 nitrogen and oxygen atoms in total. The summed E-state index contributed by atoms with van der Waals surface area (Å²) in [6, 6.07) is 11.8. The number of carbonyl (C=O) groups excluding carboxylic acids is 2. The summed E-state index contributed by atoms with van der Waals surface area (Å²) in [7, 11) is -3.18. The van der Waals surface area contributed by atoms with E-state index in [0.717, 1.165) is 5.01 Å². The lowest BCUT2D eigenvalue weighted by atomic mass is 10.1. The highest BCUT2D eigenvalue weighted by Gasteiger charge is 2.37. The minimum atomic E-state index is -3.18. The fourth-order valence-electron chi connectivity index (χ4n) is 3.35. The number of sulfone groups is 1. The van der Waals surface area contributed by atoms with Gasteiger partial charge in [0.2, 0.25) is 11.8 Å². The first kappa shape index (κ1) is 20.0. The topological polar surface area (TPSA) is 118 Å². The number of benzene rings is 1. The maximum absolute atomic E-state index is 12.8. The maximum Gasteiger partial charge on any atom is 0.272 e. The SMILES string of the molecule is O=C(Nc1cccnc1Oc1ccccc1)C1=NN(C2CCS(=O)(=O)C2)C(=O)CC1. The Bertz CT molecular complexity index is 1100. The van der Waals surface area contributed by atoms with Crippen molar-refractivity contribution in [3.8, 4) is 11.6 Å². The number of hydrazone groups is 1. The first-order chi connectivity index (χ1) is 14.4. The van der Waals surface area contributed by atoms with Crippen LogP contribution >= 0.6 is 0 Å². The van der Waals surface area contributed by atoms with E-state index in [1.165, 1.54) is 0 Å². The van der Waals surface area contributed by atoms with Gasteiger partial charge in [-0.2, -0.15) is 5.10 Å². The zero-order chi connectivity index (χ0) is 21.1. The lowest BCUT2D eigenvalue weighted by molar-refractivity contribution is -0.133. The van der Waals surface area contributed by atoms with Crippen LogP contribution in [0.25, 0.3) is 0 Å². The number of nitrogens with one attached hydrogen (secondary N) is 1. The van der Waals surface area contributed by atoms with Gasteiger partial charge in [0.05, 0.1) is 17.5 Å². The number of nitrogens with zero attached hydrogens (tertiary/aromatic N) is 3. The van der Waals surface area contributed by atoms with E-state index in [4.69, 9.17) is 4.74 Å². The van der Waals surface area contributed by atoms with Crippen molar-refractivity contribution in [2.45, 2.75) is 25.3 Å². The molecule has 1 aromatic carbocycles. The molecule has 1 saturated heterocycles. The number of hydrogen-bond acceptors (Lipinski definition) is 7. The van der Waals surface area contributed by atoms with Crippen molar-refractivity contribution in [1.29, 1.82) is 0 Å². The van der Waals surface area contributed by atoms with Gasteiger partial charge in [-0.1, -0.05) is 18.2 Å². The minimum Gasteiger partial charge on any atom is -0.437 e. The molecule has 3 heterocycles. The summed E-state index contributed by atoms with van der Waals surface area (Å²) in [5, 5.41) is 8.07. The zero-order valence-electron chi connectivity index (χ0n) is 16.0.